The van der Waals surface area contributed by atoms with Crippen molar-refractivity contribution in [1.82, 2.24) is 0 Å². The van der Waals surface area contributed by atoms with E-state index in [-0.39, 0.29) is 23.8 Å². The van der Waals surface area contributed by atoms with Crippen LogP contribution in [-0.2, 0) is 14.3 Å². The molecule has 1 aliphatic carbocycles. The Labute approximate surface area is 135 Å². The third-order valence-corrected chi connectivity index (χ3v) is 4.82. The van der Waals surface area contributed by atoms with E-state index in [0.717, 1.165) is 12.8 Å². The molecule has 1 unspecified atom stereocenters. The lowest BCUT2D eigenvalue weighted by Gasteiger charge is -2.19. The second kappa shape index (κ2) is 6.36. The normalized spacial score (nSPS) is 24.7. The van der Waals surface area contributed by atoms with Gasteiger partial charge in [0.15, 0.2) is 11.6 Å². The lowest BCUT2D eigenvalue weighted by Crippen LogP contribution is -2.17. The zero-order chi connectivity index (χ0) is 16.6. The van der Waals surface area contributed by atoms with Crippen molar-refractivity contribution in [3.8, 4) is 0 Å². The van der Waals surface area contributed by atoms with Gasteiger partial charge in [-0.3, -0.25) is 9.59 Å². The average Bonchev–Trinajstić information content (AvgIpc) is 2.75. The molecule has 1 saturated carbocycles. The number of rotatable bonds is 2. The monoisotopic (exact) mass is 316 g/mol. The van der Waals surface area contributed by atoms with Gasteiger partial charge in [-0.25, -0.2) is 4.39 Å². The van der Waals surface area contributed by atoms with Gasteiger partial charge in [0, 0.05) is 19.6 Å². The van der Waals surface area contributed by atoms with Gasteiger partial charge in [0.25, 0.3) is 0 Å². The molecule has 0 radical (unpaired) electrons. The summed E-state index contributed by atoms with van der Waals surface area (Å²) < 4.78 is 18.8. The third kappa shape index (κ3) is 3.13. The van der Waals surface area contributed by atoms with Crippen LogP contribution in [0.15, 0.2) is 23.8 Å². The molecule has 0 spiro atoms. The highest BCUT2D eigenvalue weighted by molar-refractivity contribution is 6.23. The summed E-state index contributed by atoms with van der Waals surface area (Å²) in [6.45, 7) is 4.92. The van der Waals surface area contributed by atoms with Crippen molar-refractivity contribution in [2.75, 3.05) is 13.2 Å². The van der Waals surface area contributed by atoms with Gasteiger partial charge < -0.3 is 4.74 Å². The van der Waals surface area contributed by atoms with Crippen LogP contribution in [0.5, 0.6) is 0 Å². The Kier molecular flexibility index (Phi) is 4.44. The number of benzene rings is 1. The minimum atomic E-state index is -0.762. The van der Waals surface area contributed by atoms with Gasteiger partial charge in [-0.2, -0.15) is 0 Å². The van der Waals surface area contributed by atoms with Crippen LogP contribution >= 0.6 is 0 Å². The van der Waals surface area contributed by atoms with E-state index in [2.05, 4.69) is 0 Å². The van der Waals surface area contributed by atoms with Crippen molar-refractivity contribution in [2.45, 2.75) is 39.0 Å². The summed E-state index contributed by atoms with van der Waals surface area (Å²) in [4.78, 5) is 25.2. The molecule has 1 saturated heterocycles. The van der Waals surface area contributed by atoms with E-state index in [0.29, 0.717) is 41.4 Å². The van der Waals surface area contributed by atoms with Crippen LogP contribution in [0.3, 0.4) is 0 Å². The average molecular weight is 316 g/mol. The first-order chi connectivity index (χ1) is 11.0. The van der Waals surface area contributed by atoms with Gasteiger partial charge in [0.05, 0.1) is 0 Å². The number of halogens is 1. The van der Waals surface area contributed by atoms with Crippen LogP contribution in [0.1, 0.15) is 41.9 Å². The van der Waals surface area contributed by atoms with Crippen LogP contribution in [0.4, 0.5) is 4.39 Å². The quantitative estimate of drug-likeness (QED) is 0.620. The van der Waals surface area contributed by atoms with Crippen LogP contribution in [0.25, 0.3) is 0 Å². The predicted octanol–water partition coefficient (Wildman–Crippen LogP) is 3.42. The number of Topliss-reactive ketones (excluding diaryl/α,β-unsaturated/α-hetero) is 2. The second-order valence-corrected chi connectivity index (χ2v) is 6.54. The Balaban J connectivity index is 1.91. The van der Waals surface area contributed by atoms with Gasteiger partial charge >= 0.3 is 0 Å². The van der Waals surface area contributed by atoms with E-state index in [4.69, 9.17) is 4.74 Å². The lowest BCUT2D eigenvalue weighted by molar-refractivity contribution is -0.123. The van der Waals surface area contributed by atoms with Gasteiger partial charge in [0.1, 0.15) is 11.7 Å². The molecule has 0 N–H and O–H groups in total. The Morgan fingerprint density at radius 1 is 1.13 bits per heavy atom. The molecular formula is C19H21FO3. The van der Waals surface area contributed by atoms with Crippen LogP contribution in [0, 0.1) is 25.6 Å². The van der Waals surface area contributed by atoms with Crippen LogP contribution < -0.4 is 0 Å². The summed E-state index contributed by atoms with van der Waals surface area (Å²) in [7, 11) is 0. The molecule has 2 fully saturated rings. The molecule has 0 bridgehead atoms. The van der Waals surface area contributed by atoms with Crippen molar-refractivity contribution in [2.24, 2.45) is 5.92 Å². The van der Waals surface area contributed by atoms with Crippen LogP contribution in [-0.4, -0.2) is 24.8 Å². The highest BCUT2D eigenvalue weighted by Gasteiger charge is 2.40. The molecule has 3 nitrogen and oxygen atoms in total. The minimum absolute atomic E-state index is 0.0777. The maximum absolute atomic E-state index is 13.5. The van der Waals surface area contributed by atoms with Gasteiger partial charge in [-0.05, 0) is 67.0 Å². The molecule has 1 heterocycles. The second-order valence-electron chi connectivity index (χ2n) is 6.54. The molecule has 1 atom stereocenters. The predicted molar refractivity (Wildman–Crippen MR) is 84.9 cm³/mol. The zero-order valence-corrected chi connectivity index (χ0v) is 13.5. The number of hydrogen-bond acceptors (Lipinski definition) is 3. The number of carbonyl (C=O) groups excluding carboxylic acids is 2. The fourth-order valence-electron chi connectivity index (χ4n) is 3.69. The Hall–Kier alpha value is -1.81. The van der Waals surface area contributed by atoms with Crippen LogP contribution in [0.2, 0.25) is 0 Å². The molecule has 2 aliphatic rings. The number of carbonyl (C=O) groups is 2. The molecular weight excluding hydrogens is 295 g/mol. The summed E-state index contributed by atoms with van der Waals surface area (Å²) in [6.07, 6.45) is 3.95. The van der Waals surface area contributed by atoms with Crippen molar-refractivity contribution >= 4 is 11.6 Å². The molecule has 0 aromatic heterocycles. The highest BCUT2D eigenvalue weighted by atomic mass is 19.1. The van der Waals surface area contributed by atoms with Gasteiger partial charge in [0.2, 0.25) is 0 Å². The molecule has 23 heavy (non-hydrogen) atoms. The summed E-state index contributed by atoms with van der Waals surface area (Å²) in [5, 5.41) is 0. The first kappa shape index (κ1) is 16.1. The highest BCUT2D eigenvalue weighted by Crippen LogP contribution is 2.36. The van der Waals surface area contributed by atoms with Gasteiger partial charge in [-0.15, -0.1) is 0 Å². The largest absolute Gasteiger partial charge is 0.381 e. The molecule has 3 rings (SSSR count). The standard InChI is InChI=1S/C19H21FO3/c1-11-7-15(20)8-12(2)17(11)18-16(21)10-14(19(18)22)9-13-3-5-23-6-4-13/h7-9,13,18H,3-6,10H2,1-2H3. The van der Waals surface area contributed by atoms with E-state index in [1.165, 1.54) is 12.1 Å². The number of allylic oxidation sites excluding steroid dienone is 2. The van der Waals surface area contributed by atoms with Crippen molar-refractivity contribution in [1.29, 1.82) is 0 Å². The van der Waals surface area contributed by atoms with E-state index < -0.39 is 5.92 Å². The first-order valence-electron chi connectivity index (χ1n) is 8.09. The summed E-state index contributed by atoms with van der Waals surface area (Å²) in [6, 6.07) is 2.78. The molecule has 1 aliphatic heterocycles. The summed E-state index contributed by atoms with van der Waals surface area (Å²) in [5.74, 6) is -0.976. The molecule has 122 valence electrons. The Morgan fingerprint density at radius 2 is 1.74 bits per heavy atom. The number of aryl methyl sites for hydroxylation is 2. The SMILES string of the molecule is Cc1cc(F)cc(C)c1C1C(=O)CC(=CC2CCOCC2)C1=O. The van der Waals surface area contributed by atoms with Crippen molar-refractivity contribution in [3.63, 3.8) is 0 Å². The summed E-state index contributed by atoms with van der Waals surface area (Å²) in [5.41, 5.74) is 2.63. The molecule has 0 amide bonds. The molecule has 4 heteroatoms. The van der Waals surface area contributed by atoms with E-state index in [1.54, 1.807) is 13.8 Å². The minimum Gasteiger partial charge on any atom is -0.381 e. The van der Waals surface area contributed by atoms with Gasteiger partial charge in [-0.1, -0.05) is 6.08 Å². The lowest BCUT2D eigenvalue weighted by atomic mass is 9.87. The number of hydrogen-bond donors (Lipinski definition) is 0. The first-order valence-corrected chi connectivity index (χ1v) is 8.09. The Morgan fingerprint density at radius 3 is 2.35 bits per heavy atom. The fraction of sp³-hybridized carbons (Fsp3) is 0.474. The summed E-state index contributed by atoms with van der Waals surface area (Å²) >= 11 is 0. The fourth-order valence-corrected chi connectivity index (χ4v) is 3.69. The molecule has 1 aromatic carbocycles. The topological polar surface area (TPSA) is 43.4 Å². The number of ether oxygens (including phenoxy) is 1. The maximum Gasteiger partial charge on any atom is 0.173 e. The Bertz CT molecular complexity index is 661. The zero-order valence-electron chi connectivity index (χ0n) is 13.5. The third-order valence-electron chi connectivity index (χ3n) is 4.82. The maximum atomic E-state index is 13.5. The molecule has 1 aromatic rings. The van der Waals surface area contributed by atoms with Crippen molar-refractivity contribution in [3.05, 3.63) is 46.3 Å². The van der Waals surface area contributed by atoms with E-state index in [1.807, 2.05) is 6.08 Å². The van der Waals surface area contributed by atoms with Crippen molar-refractivity contribution < 1.29 is 18.7 Å². The van der Waals surface area contributed by atoms with E-state index in [9.17, 15) is 14.0 Å². The smallest absolute Gasteiger partial charge is 0.173 e. The number of ketones is 2. The van der Waals surface area contributed by atoms with E-state index >= 15 is 0 Å².